The number of urea groups is 1. The van der Waals surface area contributed by atoms with Gasteiger partial charge in [-0.15, -0.1) is 0 Å². The third-order valence-corrected chi connectivity index (χ3v) is 5.99. The van der Waals surface area contributed by atoms with E-state index < -0.39 is 22.0 Å². The van der Waals surface area contributed by atoms with Crippen molar-refractivity contribution in [3.05, 3.63) is 72.3 Å². The maximum absolute atomic E-state index is 12.8. The van der Waals surface area contributed by atoms with Crippen molar-refractivity contribution in [2.75, 3.05) is 28.6 Å². The Morgan fingerprint density at radius 2 is 1.45 bits per heavy atom. The molecule has 0 saturated carbocycles. The van der Waals surface area contributed by atoms with Crippen LogP contribution in [0.3, 0.4) is 0 Å². The summed E-state index contributed by atoms with van der Waals surface area (Å²) >= 11 is 0. The molecule has 0 radical (unpaired) electrons. The Labute approximate surface area is 189 Å². The van der Waals surface area contributed by atoms with Gasteiger partial charge in [-0.3, -0.25) is 9.52 Å². The maximum Gasteiger partial charge on any atom is 0.316 e. The Morgan fingerprint density at radius 1 is 0.788 bits per heavy atom. The summed E-state index contributed by atoms with van der Waals surface area (Å²) in [5.41, 5.74) is 6.50. The molecule has 0 spiro atoms. The zero-order chi connectivity index (χ0) is 23.4. The molecule has 170 valence electrons. The number of amides is 3. The quantitative estimate of drug-likeness (QED) is 0.437. The molecule has 3 aromatic carbocycles. The number of benzene rings is 3. The summed E-state index contributed by atoms with van der Waals surface area (Å²) in [5, 5.41) is 5.13. The van der Waals surface area contributed by atoms with E-state index in [1.165, 1.54) is 30.3 Å². The normalized spacial score (nSPS) is 12.5. The van der Waals surface area contributed by atoms with E-state index in [0.717, 1.165) is 0 Å². The van der Waals surface area contributed by atoms with Crippen LogP contribution in [0.5, 0.6) is 11.5 Å². The second kappa shape index (κ2) is 9.09. The number of carbonyl (C=O) groups is 2. The maximum atomic E-state index is 12.8. The molecule has 5 N–H and O–H groups in total. The number of fused-ring (bicyclic) bond motifs is 1. The van der Waals surface area contributed by atoms with E-state index in [9.17, 15) is 18.0 Å². The fraction of sp³-hybridized carbons (Fsp3) is 0.0909. The third-order valence-electron chi connectivity index (χ3n) is 4.61. The summed E-state index contributed by atoms with van der Waals surface area (Å²) in [6, 6.07) is 16.1. The van der Waals surface area contributed by atoms with Gasteiger partial charge in [0.05, 0.1) is 4.90 Å². The number of sulfonamides is 1. The van der Waals surface area contributed by atoms with E-state index >= 15 is 0 Å². The van der Waals surface area contributed by atoms with E-state index in [-0.39, 0.29) is 16.1 Å². The summed E-state index contributed by atoms with van der Waals surface area (Å²) in [4.78, 5) is 23.5. The van der Waals surface area contributed by atoms with Crippen molar-refractivity contribution in [3.8, 4) is 11.5 Å². The highest BCUT2D eigenvalue weighted by Gasteiger charge is 2.20. The number of hydrogen-bond donors (Lipinski definition) is 4. The molecule has 0 aromatic heterocycles. The number of rotatable bonds is 6. The van der Waals surface area contributed by atoms with Crippen LogP contribution in [0.25, 0.3) is 0 Å². The fourth-order valence-corrected chi connectivity index (χ4v) is 4.18. The Hall–Kier alpha value is -4.25. The van der Waals surface area contributed by atoms with E-state index in [0.29, 0.717) is 36.1 Å². The van der Waals surface area contributed by atoms with Gasteiger partial charge in [0.1, 0.15) is 13.2 Å². The summed E-state index contributed by atoms with van der Waals surface area (Å²) < 4.78 is 39.0. The molecule has 0 saturated heterocycles. The van der Waals surface area contributed by atoms with Crippen molar-refractivity contribution < 1.29 is 27.5 Å². The Bertz CT molecular complexity index is 1310. The Morgan fingerprint density at radius 3 is 2.15 bits per heavy atom. The third kappa shape index (κ3) is 5.33. The predicted octanol–water partition coefficient (Wildman–Crippen LogP) is 3.00. The first-order chi connectivity index (χ1) is 15.8. The van der Waals surface area contributed by atoms with E-state index in [1.807, 2.05) is 0 Å². The van der Waals surface area contributed by atoms with Gasteiger partial charge in [0.25, 0.3) is 15.9 Å². The van der Waals surface area contributed by atoms with Crippen molar-refractivity contribution in [3.63, 3.8) is 0 Å². The highest BCUT2D eigenvalue weighted by Crippen LogP contribution is 2.32. The lowest BCUT2D eigenvalue weighted by Crippen LogP contribution is -2.19. The van der Waals surface area contributed by atoms with Gasteiger partial charge in [0.2, 0.25) is 0 Å². The van der Waals surface area contributed by atoms with Gasteiger partial charge in [-0.1, -0.05) is 6.07 Å². The van der Waals surface area contributed by atoms with E-state index in [2.05, 4.69) is 15.4 Å². The minimum absolute atomic E-state index is 0.00580. The number of anilines is 3. The van der Waals surface area contributed by atoms with Crippen LogP contribution in [-0.2, 0) is 10.0 Å². The Balaban J connectivity index is 1.47. The molecule has 10 nitrogen and oxygen atoms in total. The lowest BCUT2D eigenvalue weighted by Gasteiger charge is -2.19. The molecule has 0 unspecified atom stereocenters. The first-order valence-electron chi connectivity index (χ1n) is 9.80. The molecule has 4 rings (SSSR count). The van der Waals surface area contributed by atoms with Gasteiger partial charge in [-0.2, -0.15) is 0 Å². The monoisotopic (exact) mass is 468 g/mol. The summed E-state index contributed by atoms with van der Waals surface area (Å²) in [6.45, 7) is 0.742. The molecular formula is C22H20N4O6S. The lowest BCUT2D eigenvalue weighted by molar-refractivity contribution is 0.102. The first-order valence-corrected chi connectivity index (χ1v) is 11.3. The highest BCUT2D eigenvalue weighted by atomic mass is 32.2. The van der Waals surface area contributed by atoms with Gasteiger partial charge in [-0.25, -0.2) is 13.2 Å². The van der Waals surface area contributed by atoms with Crippen LogP contribution in [0.1, 0.15) is 10.4 Å². The van der Waals surface area contributed by atoms with Crippen molar-refractivity contribution >= 4 is 39.0 Å². The molecule has 0 aliphatic carbocycles. The number of hydrogen-bond acceptors (Lipinski definition) is 6. The van der Waals surface area contributed by atoms with Crippen LogP contribution in [0.15, 0.2) is 71.6 Å². The van der Waals surface area contributed by atoms with Crippen LogP contribution in [0.4, 0.5) is 21.9 Å². The summed E-state index contributed by atoms with van der Waals surface area (Å²) in [6.07, 6.45) is 0. The van der Waals surface area contributed by atoms with Gasteiger partial charge in [0, 0.05) is 28.7 Å². The van der Waals surface area contributed by atoms with Crippen LogP contribution in [0, 0.1) is 0 Å². The van der Waals surface area contributed by atoms with Crippen molar-refractivity contribution in [2.24, 2.45) is 5.73 Å². The smallest absolute Gasteiger partial charge is 0.316 e. The topological polar surface area (TPSA) is 149 Å². The molecule has 0 bridgehead atoms. The van der Waals surface area contributed by atoms with Crippen LogP contribution >= 0.6 is 0 Å². The minimum Gasteiger partial charge on any atom is -0.486 e. The standard InChI is InChI=1S/C22H20N4O6S/c23-22(28)25-16-6-4-15(5-7-16)24-21(27)14-2-1-3-17(12-14)26-33(29,30)18-8-9-19-20(13-18)32-11-10-31-19/h1-9,12-13,26H,10-11H2,(H,24,27)(H3,23,25,28). The minimum atomic E-state index is -3.92. The van der Waals surface area contributed by atoms with Crippen molar-refractivity contribution in [1.29, 1.82) is 0 Å². The lowest BCUT2D eigenvalue weighted by atomic mass is 10.2. The highest BCUT2D eigenvalue weighted by molar-refractivity contribution is 7.92. The van der Waals surface area contributed by atoms with Crippen molar-refractivity contribution in [2.45, 2.75) is 4.90 Å². The number of primary amides is 1. The van der Waals surface area contributed by atoms with Gasteiger partial charge < -0.3 is 25.8 Å². The molecule has 11 heteroatoms. The van der Waals surface area contributed by atoms with Crippen molar-refractivity contribution in [1.82, 2.24) is 0 Å². The average Bonchev–Trinajstić information content (AvgIpc) is 2.79. The SMILES string of the molecule is NC(=O)Nc1ccc(NC(=O)c2cccc(NS(=O)(=O)c3ccc4c(c3)OCCO4)c2)cc1. The fourth-order valence-electron chi connectivity index (χ4n) is 3.11. The predicted molar refractivity (Wildman–Crippen MR) is 122 cm³/mol. The molecule has 1 heterocycles. The molecule has 0 atom stereocenters. The molecule has 3 aromatic rings. The molecule has 33 heavy (non-hydrogen) atoms. The number of nitrogens with two attached hydrogens (primary N) is 1. The Kier molecular flexibility index (Phi) is 6.05. The van der Waals surface area contributed by atoms with E-state index in [1.54, 1.807) is 36.4 Å². The zero-order valence-corrected chi connectivity index (χ0v) is 18.0. The molecular weight excluding hydrogens is 448 g/mol. The zero-order valence-electron chi connectivity index (χ0n) is 17.2. The largest absolute Gasteiger partial charge is 0.486 e. The van der Waals surface area contributed by atoms with Crippen LogP contribution < -0.4 is 30.6 Å². The van der Waals surface area contributed by atoms with E-state index in [4.69, 9.17) is 15.2 Å². The number of nitrogens with one attached hydrogen (secondary N) is 3. The summed E-state index contributed by atoms with van der Waals surface area (Å²) in [5.74, 6) is 0.401. The van der Waals surface area contributed by atoms with Crippen LogP contribution in [-0.4, -0.2) is 33.6 Å². The van der Waals surface area contributed by atoms with Gasteiger partial charge in [0.15, 0.2) is 11.5 Å². The number of carbonyl (C=O) groups excluding carboxylic acids is 2. The second-order valence-corrected chi connectivity index (χ2v) is 8.69. The molecule has 0 fully saturated rings. The molecule has 1 aliphatic heterocycles. The van der Waals surface area contributed by atoms with Gasteiger partial charge >= 0.3 is 6.03 Å². The molecule has 1 aliphatic rings. The first kappa shape index (κ1) is 22.0. The van der Waals surface area contributed by atoms with Crippen LogP contribution in [0.2, 0.25) is 0 Å². The average molecular weight is 468 g/mol. The molecule has 3 amide bonds. The van der Waals surface area contributed by atoms with Gasteiger partial charge in [-0.05, 0) is 54.6 Å². The summed E-state index contributed by atoms with van der Waals surface area (Å²) in [7, 11) is -3.92. The second-order valence-electron chi connectivity index (χ2n) is 7.01. The number of ether oxygens (including phenoxy) is 2.